The van der Waals surface area contributed by atoms with E-state index in [4.69, 9.17) is 0 Å². The molecule has 3 aromatic rings. The highest BCUT2D eigenvalue weighted by Gasteiger charge is 2.18. The molecule has 23 heavy (non-hydrogen) atoms. The molecule has 1 heterocycles. The summed E-state index contributed by atoms with van der Waals surface area (Å²) >= 11 is 3.14. The third-order valence-electron chi connectivity index (χ3n) is 3.02. The Hall–Kier alpha value is -1.64. The van der Waals surface area contributed by atoms with Crippen LogP contribution < -0.4 is 4.72 Å². The lowest BCUT2D eigenvalue weighted by Crippen LogP contribution is -2.14. The van der Waals surface area contributed by atoms with Crippen LogP contribution in [0.5, 0.6) is 0 Å². The highest BCUT2D eigenvalue weighted by molar-refractivity contribution is 8.01. The molecular weight excluding hydrogens is 355 g/mol. The van der Waals surface area contributed by atoms with Gasteiger partial charge in [-0.3, -0.25) is 4.72 Å². The van der Waals surface area contributed by atoms with Crippen LogP contribution in [0.1, 0.15) is 6.92 Å². The summed E-state index contributed by atoms with van der Waals surface area (Å²) in [7, 11) is -3.96. The summed E-state index contributed by atoms with van der Waals surface area (Å²) in [5.41, 5.74) is 1.21. The van der Waals surface area contributed by atoms with Crippen molar-refractivity contribution in [2.24, 2.45) is 0 Å². The van der Waals surface area contributed by atoms with Gasteiger partial charge in [0, 0.05) is 0 Å². The van der Waals surface area contributed by atoms with Crippen LogP contribution in [-0.4, -0.2) is 19.2 Å². The summed E-state index contributed by atoms with van der Waals surface area (Å²) in [5, 5.41) is 0. The lowest BCUT2D eigenvalue weighted by molar-refractivity contribution is 0.570. The zero-order valence-electron chi connectivity index (χ0n) is 12.1. The smallest absolute Gasteiger partial charge is 0.264 e. The number of hydrogen-bond acceptors (Lipinski definition) is 5. The Morgan fingerprint density at radius 2 is 2.04 bits per heavy atom. The maximum Gasteiger partial charge on any atom is 0.264 e. The van der Waals surface area contributed by atoms with E-state index in [9.17, 15) is 12.8 Å². The summed E-state index contributed by atoms with van der Waals surface area (Å²) in [6.07, 6.45) is 0. The summed E-state index contributed by atoms with van der Waals surface area (Å²) in [4.78, 5) is 4.09. The first-order chi connectivity index (χ1) is 11.0. The highest BCUT2D eigenvalue weighted by atomic mass is 32.2. The van der Waals surface area contributed by atoms with Crippen LogP contribution in [0.15, 0.2) is 51.7 Å². The van der Waals surface area contributed by atoms with E-state index in [1.54, 1.807) is 30.0 Å². The molecule has 3 rings (SSSR count). The third kappa shape index (κ3) is 3.49. The average Bonchev–Trinajstić information content (AvgIpc) is 2.89. The van der Waals surface area contributed by atoms with Crippen molar-refractivity contribution in [2.45, 2.75) is 16.2 Å². The van der Waals surface area contributed by atoms with Gasteiger partial charge in [0.2, 0.25) is 0 Å². The molecule has 120 valence electrons. The molecule has 0 radical (unpaired) electrons. The second-order valence-corrected chi connectivity index (χ2v) is 8.82. The topological polar surface area (TPSA) is 59.1 Å². The molecule has 0 spiro atoms. The number of aromatic nitrogens is 1. The summed E-state index contributed by atoms with van der Waals surface area (Å²) in [5.74, 6) is 0.146. The predicted octanol–water partition coefficient (Wildman–Crippen LogP) is 4.35. The second-order valence-electron chi connectivity index (χ2n) is 4.63. The van der Waals surface area contributed by atoms with E-state index in [1.807, 2.05) is 6.92 Å². The Morgan fingerprint density at radius 1 is 1.26 bits per heavy atom. The molecule has 0 amide bonds. The maximum atomic E-state index is 13.7. The van der Waals surface area contributed by atoms with Gasteiger partial charge in [0.15, 0.2) is 4.34 Å². The number of benzene rings is 2. The van der Waals surface area contributed by atoms with Gasteiger partial charge in [0.05, 0.1) is 15.9 Å². The number of anilines is 1. The zero-order valence-corrected chi connectivity index (χ0v) is 14.6. The number of nitrogens with zero attached hydrogens (tertiary/aromatic N) is 1. The molecule has 4 nitrogen and oxygen atoms in total. The van der Waals surface area contributed by atoms with Gasteiger partial charge in [0.1, 0.15) is 10.7 Å². The lowest BCUT2D eigenvalue weighted by Gasteiger charge is -2.08. The Morgan fingerprint density at radius 3 is 2.78 bits per heavy atom. The Labute approximate surface area is 141 Å². The van der Waals surface area contributed by atoms with Gasteiger partial charge in [-0.05, 0) is 36.1 Å². The van der Waals surface area contributed by atoms with Gasteiger partial charge in [0.25, 0.3) is 10.0 Å². The fourth-order valence-corrected chi connectivity index (χ4v) is 5.16. The Balaban J connectivity index is 1.93. The van der Waals surface area contributed by atoms with Gasteiger partial charge >= 0.3 is 0 Å². The van der Waals surface area contributed by atoms with Crippen molar-refractivity contribution in [3.05, 3.63) is 48.3 Å². The molecule has 0 fully saturated rings. The number of hydrogen-bond donors (Lipinski definition) is 1. The molecule has 1 aromatic heterocycles. The number of thiazole rings is 1. The van der Waals surface area contributed by atoms with Gasteiger partial charge in [-0.25, -0.2) is 17.8 Å². The van der Waals surface area contributed by atoms with Crippen LogP contribution in [0, 0.1) is 5.82 Å². The summed E-state index contributed by atoms with van der Waals surface area (Å²) < 4.78 is 42.5. The maximum absolute atomic E-state index is 13.7. The van der Waals surface area contributed by atoms with E-state index < -0.39 is 15.8 Å². The molecule has 1 N–H and O–H groups in total. The molecular formula is C15H13FN2O2S3. The summed E-state index contributed by atoms with van der Waals surface area (Å²) in [6.45, 7) is 2.05. The van der Waals surface area contributed by atoms with Crippen molar-refractivity contribution in [1.82, 2.24) is 4.98 Å². The van der Waals surface area contributed by atoms with Crippen molar-refractivity contribution in [2.75, 3.05) is 10.5 Å². The first-order valence-electron chi connectivity index (χ1n) is 6.80. The monoisotopic (exact) mass is 368 g/mol. The number of halogens is 1. The number of rotatable bonds is 5. The van der Waals surface area contributed by atoms with Crippen molar-refractivity contribution in [3.63, 3.8) is 0 Å². The Bertz CT molecular complexity index is 954. The van der Waals surface area contributed by atoms with Crippen LogP contribution >= 0.6 is 23.1 Å². The standard InChI is InChI=1S/C15H13FN2O2S3/c1-2-21-15-17-12-8-7-10(9-13(12)22-15)18-23(19,20)14-6-4-3-5-11(14)16/h3-9,18H,2H2,1H3. The minimum absolute atomic E-state index is 0.369. The highest BCUT2D eigenvalue weighted by Crippen LogP contribution is 2.31. The number of fused-ring (bicyclic) bond motifs is 1. The second kappa shape index (κ2) is 6.46. The third-order valence-corrected chi connectivity index (χ3v) is 6.47. The molecule has 0 saturated carbocycles. The predicted molar refractivity (Wildman–Crippen MR) is 93.2 cm³/mol. The van der Waals surface area contributed by atoms with Gasteiger partial charge < -0.3 is 0 Å². The van der Waals surface area contributed by atoms with Gasteiger partial charge in [-0.1, -0.05) is 30.8 Å². The minimum Gasteiger partial charge on any atom is -0.279 e. The van der Waals surface area contributed by atoms with E-state index >= 15 is 0 Å². The van der Waals surface area contributed by atoms with Crippen LogP contribution in [0.4, 0.5) is 10.1 Å². The number of nitrogens with one attached hydrogen (secondary N) is 1. The Kier molecular flexibility index (Phi) is 4.56. The van der Waals surface area contributed by atoms with E-state index in [1.165, 1.54) is 29.5 Å². The molecule has 0 bridgehead atoms. The van der Waals surface area contributed by atoms with Crippen LogP contribution in [0.2, 0.25) is 0 Å². The zero-order chi connectivity index (χ0) is 16.4. The number of thioether (sulfide) groups is 1. The van der Waals surface area contributed by atoms with Crippen molar-refractivity contribution >= 4 is 49.0 Å². The normalized spacial score (nSPS) is 11.7. The van der Waals surface area contributed by atoms with Crippen LogP contribution in [0.3, 0.4) is 0 Å². The molecule has 0 unspecified atom stereocenters. The van der Waals surface area contributed by atoms with E-state index in [-0.39, 0.29) is 4.90 Å². The van der Waals surface area contributed by atoms with Crippen LogP contribution in [0.25, 0.3) is 10.2 Å². The average molecular weight is 368 g/mol. The first kappa shape index (κ1) is 16.2. The van der Waals surface area contributed by atoms with Crippen molar-refractivity contribution in [3.8, 4) is 0 Å². The van der Waals surface area contributed by atoms with E-state index in [0.29, 0.717) is 5.69 Å². The fourth-order valence-electron chi connectivity index (χ4n) is 2.02. The molecule has 0 aliphatic carbocycles. The largest absolute Gasteiger partial charge is 0.279 e. The van der Waals surface area contributed by atoms with Crippen molar-refractivity contribution in [1.29, 1.82) is 0 Å². The quantitative estimate of drug-likeness (QED) is 0.680. The molecule has 2 aromatic carbocycles. The number of sulfonamides is 1. The molecule has 0 atom stereocenters. The van der Waals surface area contributed by atoms with E-state index in [2.05, 4.69) is 9.71 Å². The minimum atomic E-state index is -3.96. The van der Waals surface area contributed by atoms with Gasteiger partial charge in [-0.2, -0.15) is 0 Å². The van der Waals surface area contributed by atoms with E-state index in [0.717, 1.165) is 26.4 Å². The van der Waals surface area contributed by atoms with Gasteiger partial charge in [-0.15, -0.1) is 11.3 Å². The summed E-state index contributed by atoms with van der Waals surface area (Å²) in [6, 6.07) is 10.4. The SMILES string of the molecule is CCSc1nc2ccc(NS(=O)(=O)c3ccccc3F)cc2s1. The fraction of sp³-hybridized carbons (Fsp3) is 0.133. The molecule has 8 heteroatoms. The molecule has 0 aliphatic rings. The van der Waals surface area contributed by atoms with Crippen LogP contribution in [-0.2, 0) is 10.0 Å². The van der Waals surface area contributed by atoms with Crippen molar-refractivity contribution < 1.29 is 12.8 Å². The molecule has 0 saturated heterocycles. The first-order valence-corrected chi connectivity index (χ1v) is 10.1. The lowest BCUT2D eigenvalue weighted by atomic mass is 10.3. The molecule has 0 aliphatic heterocycles.